The molecule has 0 aliphatic carbocycles. The predicted octanol–water partition coefficient (Wildman–Crippen LogP) is 5.67. The molecular weight excluding hydrogens is 932 g/mol. The monoisotopic (exact) mass is 993 g/mol. The van der Waals surface area contributed by atoms with Crippen LogP contribution in [0.1, 0.15) is 106 Å². The van der Waals surface area contributed by atoms with Crippen LogP contribution in [-0.2, 0) is 33.5 Å². The second kappa shape index (κ2) is 23.2. The smallest absolute Gasteiger partial charge is 0.367 e. The molecule has 0 spiro atoms. The summed E-state index contributed by atoms with van der Waals surface area (Å²) in [6, 6.07) is 18.4. The van der Waals surface area contributed by atoms with Crippen LogP contribution in [0.15, 0.2) is 77.7 Å². The minimum Gasteiger partial charge on any atom is -0.367 e. The van der Waals surface area contributed by atoms with Crippen LogP contribution < -0.4 is 26.4 Å². The number of imide groups is 2. The quantitative estimate of drug-likeness (QED) is 0.0670. The molecule has 0 bridgehead atoms. The molecule has 16 nitrogen and oxygen atoms in total. The highest BCUT2D eigenvalue weighted by molar-refractivity contribution is 6.24. The summed E-state index contributed by atoms with van der Waals surface area (Å²) < 4.78 is 41.7. The Labute approximate surface area is 416 Å². The molecule has 6 amide bonds. The average molecular weight is 994 g/mol. The Balaban J connectivity index is 0.737. The fourth-order valence-electron chi connectivity index (χ4n) is 10.0. The highest BCUT2D eigenvalue weighted by atomic mass is 19.4. The number of H-pyrrole nitrogens is 1. The van der Waals surface area contributed by atoms with Gasteiger partial charge in [0.1, 0.15) is 6.04 Å². The van der Waals surface area contributed by atoms with Gasteiger partial charge >= 0.3 is 6.18 Å². The first-order valence-electron chi connectivity index (χ1n) is 25.0. The number of amides is 6. The molecule has 72 heavy (non-hydrogen) atoms. The highest BCUT2D eigenvalue weighted by Crippen LogP contribution is 2.36. The van der Waals surface area contributed by atoms with Crippen LogP contribution in [0.25, 0.3) is 11.1 Å². The van der Waals surface area contributed by atoms with Gasteiger partial charge in [0.2, 0.25) is 23.3 Å². The van der Waals surface area contributed by atoms with Crippen molar-refractivity contribution in [1.82, 2.24) is 35.2 Å². The largest absolute Gasteiger partial charge is 0.417 e. The zero-order chi connectivity index (χ0) is 50.9. The Bertz CT molecular complexity index is 2730. The Morgan fingerprint density at radius 1 is 0.764 bits per heavy atom. The van der Waals surface area contributed by atoms with Crippen LogP contribution in [-0.4, -0.2) is 139 Å². The van der Waals surface area contributed by atoms with E-state index in [1.165, 1.54) is 0 Å². The fraction of sp³-hybridized carbons (Fsp3) is 0.453. The van der Waals surface area contributed by atoms with E-state index in [-0.39, 0.29) is 18.7 Å². The van der Waals surface area contributed by atoms with Crippen molar-refractivity contribution in [2.45, 2.75) is 83.0 Å². The number of hydrogen-bond donors (Lipinski definition) is 4. The number of nitrogens with zero attached hydrogens (tertiary/aromatic N) is 5. The highest BCUT2D eigenvalue weighted by Gasteiger charge is 2.45. The molecule has 3 saturated heterocycles. The van der Waals surface area contributed by atoms with Crippen LogP contribution in [0.4, 0.5) is 24.5 Å². The summed E-state index contributed by atoms with van der Waals surface area (Å²) in [4.78, 5) is 101. The molecule has 382 valence electrons. The van der Waals surface area contributed by atoms with E-state index in [0.29, 0.717) is 61.0 Å². The van der Waals surface area contributed by atoms with E-state index in [4.69, 9.17) is 0 Å². The number of benzene rings is 3. The molecule has 4 aromatic rings. The Morgan fingerprint density at radius 2 is 1.47 bits per heavy atom. The number of anilines is 2. The SMILES string of the molecule is CN1CCN(c2ccc(-c3cccc(CN4CCN(CCNC(=O)CCCCCCCCc5cccc6c5C(=O)N(C5CCC(=O)NC5=O)C6=O)CC4)c3)cc2NC(=O)c2c[nH]c(=O)cc2C(F)(F)F)CC1. The van der Waals surface area contributed by atoms with Crippen LogP contribution in [0.3, 0.4) is 0 Å². The number of carbonyl (C=O) groups excluding carboxylic acids is 6. The summed E-state index contributed by atoms with van der Waals surface area (Å²) in [6.07, 6.45) is 2.68. The summed E-state index contributed by atoms with van der Waals surface area (Å²) in [6.45, 7) is 8.40. The van der Waals surface area contributed by atoms with Crippen molar-refractivity contribution in [3.05, 3.63) is 117 Å². The molecular formula is C53H62F3N9O7. The van der Waals surface area contributed by atoms with Gasteiger partial charge in [-0.15, -0.1) is 0 Å². The Morgan fingerprint density at radius 3 is 2.22 bits per heavy atom. The third-order valence-electron chi connectivity index (χ3n) is 14.1. The molecule has 1 atom stereocenters. The van der Waals surface area contributed by atoms with Crippen molar-refractivity contribution in [2.75, 3.05) is 82.7 Å². The molecule has 0 saturated carbocycles. The number of rotatable bonds is 19. The second-order valence-electron chi connectivity index (χ2n) is 19.2. The topological polar surface area (TPSA) is 188 Å². The Hall–Kier alpha value is -6.70. The zero-order valence-electron chi connectivity index (χ0n) is 40.6. The fourth-order valence-corrected chi connectivity index (χ4v) is 10.0. The number of aromatic nitrogens is 1. The molecule has 0 radical (unpaired) electrons. The lowest BCUT2D eigenvalue weighted by molar-refractivity contribution is -0.138. The van der Waals surface area contributed by atoms with Crippen molar-refractivity contribution in [3.8, 4) is 11.1 Å². The molecule has 4 N–H and O–H groups in total. The number of pyridine rings is 1. The number of halogens is 3. The van der Waals surface area contributed by atoms with E-state index < -0.39 is 58.4 Å². The Kier molecular flexibility index (Phi) is 16.7. The lowest BCUT2D eigenvalue weighted by Crippen LogP contribution is -2.54. The molecule has 3 fully saturated rings. The van der Waals surface area contributed by atoms with Gasteiger partial charge in [0, 0.05) is 97.1 Å². The molecule has 1 aromatic heterocycles. The normalized spacial score (nSPS) is 18.1. The number of unbranched alkanes of at least 4 members (excludes halogenated alkanes) is 5. The molecule has 1 unspecified atom stereocenters. The number of alkyl halides is 3. The van der Waals surface area contributed by atoms with Gasteiger partial charge in [-0.2, -0.15) is 13.2 Å². The molecule has 19 heteroatoms. The third-order valence-corrected chi connectivity index (χ3v) is 14.1. The van der Waals surface area contributed by atoms with Crippen molar-refractivity contribution in [3.63, 3.8) is 0 Å². The maximum atomic E-state index is 13.9. The van der Waals surface area contributed by atoms with E-state index in [2.05, 4.69) is 52.7 Å². The summed E-state index contributed by atoms with van der Waals surface area (Å²) in [5.74, 6) is -2.93. The lowest BCUT2D eigenvalue weighted by atomic mass is 9.97. The number of nitrogens with one attached hydrogen (secondary N) is 4. The minimum atomic E-state index is -4.90. The van der Waals surface area contributed by atoms with Gasteiger partial charge in [-0.25, -0.2) is 0 Å². The predicted molar refractivity (Wildman–Crippen MR) is 265 cm³/mol. The first-order valence-corrected chi connectivity index (χ1v) is 25.0. The van der Waals surface area contributed by atoms with Crippen LogP contribution in [0, 0.1) is 0 Å². The van der Waals surface area contributed by atoms with Gasteiger partial charge in [-0.3, -0.25) is 53.6 Å². The first kappa shape index (κ1) is 51.6. The first-order chi connectivity index (χ1) is 34.6. The van der Waals surface area contributed by atoms with E-state index in [1.807, 2.05) is 37.4 Å². The third kappa shape index (κ3) is 12.7. The van der Waals surface area contributed by atoms with Crippen molar-refractivity contribution in [1.29, 1.82) is 0 Å². The van der Waals surface area contributed by atoms with E-state index in [1.54, 1.807) is 18.2 Å². The van der Waals surface area contributed by atoms with Crippen LogP contribution in [0.5, 0.6) is 0 Å². The lowest BCUT2D eigenvalue weighted by Gasteiger charge is -2.35. The number of piperazine rings is 2. The number of aryl methyl sites for hydroxylation is 1. The number of carbonyl (C=O) groups is 6. The zero-order valence-corrected chi connectivity index (χ0v) is 40.6. The number of aromatic amines is 1. The average Bonchev–Trinajstić information content (AvgIpc) is 3.61. The number of fused-ring (bicyclic) bond motifs is 1. The summed E-state index contributed by atoms with van der Waals surface area (Å²) in [5, 5.41) is 8.05. The number of piperidine rings is 1. The van der Waals surface area contributed by atoms with Gasteiger partial charge in [0.25, 0.3) is 17.7 Å². The van der Waals surface area contributed by atoms with E-state index in [9.17, 15) is 46.7 Å². The standard InChI is InChI=1S/C53H62F3N9O7/c1-61-22-28-64(29-23-61)43-17-16-38(31-42(43)59-49(69)40-33-58-47(68)32-41(40)53(54,55)56)37-13-8-10-35(30-37)34-63-26-24-62(25-27-63)21-20-57-45(66)15-7-5-3-2-4-6-11-36-12-9-14-39-48(36)52(72)65(51(39)71)44-18-19-46(67)60-50(44)70/h8-10,12-14,16-17,30-33,44H,2-7,11,15,18-29,34H2,1H3,(H,57,66)(H,58,68)(H,59,69)(H,60,67,70). The van der Waals surface area contributed by atoms with E-state index in [0.717, 1.165) is 124 Å². The van der Waals surface area contributed by atoms with Crippen LogP contribution >= 0.6 is 0 Å². The molecule has 8 rings (SSSR count). The number of hydrogen-bond acceptors (Lipinski definition) is 11. The summed E-state index contributed by atoms with van der Waals surface area (Å²) in [7, 11) is 2.02. The maximum Gasteiger partial charge on any atom is 0.417 e. The molecule has 5 heterocycles. The van der Waals surface area contributed by atoms with Crippen LogP contribution in [0.2, 0.25) is 0 Å². The van der Waals surface area contributed by atoms with Crippen molar-refractivity contribution >= 4 is 46.8 Å². The van der Waals surface area contributed by atoms with Gasteiger partial charge in [-0.1, -0.05) is 62.1 Å². The number of likely N-dealkylation sites (N-methyl/N-ethyl adjacent to an activating group) is 1. The van der Waals surface area contributed by atoms with Crippen molar-refractivity contribution in [2.24, 2.45) is 0 Å². The minimum absolute atomic E-state index is 0.0461. The van der Waals surface area contributed by atoms with Gasteiger partial charge < -0.3 is 25.4 Å². The maximum absolute atomic E-state index is 13.9. The van der Waals surface area contributed by atoms with Crippen molar-refractivity contribution < 1.29 is 41.9 Å². The van der Waals surface area contributed by atoms with Gasteiger partial charge in [0.05, 0.1) is 33.6 Å². The van der Waals surface area contributed by atoms with Gasteiger partial charge in [-0.05, 0) is 79.3 Å². The van der Waals surface area contributed by atoms with E-state index >= 15 is 0 Å². The molecule has 4 aliphatic rings. The summed E-state index contributed by atoms with van der Waals surface area (Å²) >= 11 is 0. The molecule has 4 aliphatic heterocycles. The molecule has 3 aromatic carbocycles. The second-order valence-corrected chi connectivity index (χ2v) is 19.2. The summed E-state index contributed by atoms with van der Waals surface area (Å²) in [5.41, 5.74) is 2.37. The van der Waals surface area contributed by atoms with Gasteiger partial charge in [0.15, 0.2) is 0 Å².